The summed E-state index contributed by atoms with van der Waals surface area (Å²) < 4.78 is 32.1. The molecule has 0 radical (unpaired) electrons. The molecule has 1 N–H and O–H groups in total. The van der Waals surface area contributed by atoms with Gasteiger partial charge in [-0.15, -0.1) is 0 Å². The molecule has 0 bridgehead atoms. The van der Waals surface area contributed by atoms with E-state index in [1.165, 1.54) is 4.31 Å². The zero-order chi connectivity index (χ0) is 18.6. The molecular formula is C18H20N4O3S. The predicted octanol–water partition coefficient (Wildman–Crippen LogP) is 2.23. The average molecular weight is 372 g/mol. The third-order valence-corrected chi connectivity index (χ3v) is 6.31. The van der Waals surface area contributed by atoms with Gasteiger partial charge in [-0.25, -0.2) is 13.4 Å². The minimum absolute atomic E-state index is 0.124. The number of sulfonamides is 1. The Hall–Kier alpha value is -2.63. The topological polar surface area (TPSA) is 95.3 Å². The van der Waals surface area contributed by atoms with E-state index in [4.69, 9.17) is 10.00 Å². The highest BCUT2D eigenvalue weighted by molar-refractivity contribution is 7.89. The molecular weight excluding hydrogens is 352 g/mol. The number of nitrogens with zero attached hydrogens (tertiary/aromatic N) is 3. The predicted molar refractivity (Wildman–Crippen MR) is 97.3 cm³/mol. The van der Waals surface area contributed by atoms with Crippen molar-refractivity contribution in [2.75, 3.05) is 25.5 Å². The third kappa shape index (κ3) is 3.95. The minimum Gasteiger partial charge on any atom is -0.497 e. The number of pyridine rings is 1. The van der Waals surface area contributed by atoms with E-state index in [0.29, 0.717) is 43.1 Å². The van der Waals surface area contributed by atoms with Crippen molar-refractivity contribution in [2.24, 2.45) is 0 Å². The monoisotopic (exact) mass is 372 g/mol. The Labute approximate surface area is 153 Å². The molecule has 0 saturated carbocycles. The normalized spacial score (nSPS) is 16.0. The maximum absolute atomic E-state index is 12.8. The number of nitrogens with one attached hydrogen (secondary N) is 1. The summed E-state index contributed by atoms with van der Waals surface area (Å²) in [5.74, 6) is 1.26. The molecule has 1 aliphatic heterocycles. The molecule has 0 unspecified atom stereocenters. The lowest BCUT2D eigenvalue weighted by Crippen LogP contribution is -2.42. The van der Waals surface area contributed by atoms with E-state index in [1.807, 2.05) is 0 Å². The Kier molecular flexibility index (Phi) is 5.40. The minimum atomic E-state index is -3.50. The number of hydrogen-bond acceptors (Lipinski definition) is 6. The zero-order valence-electron chi connectivity index (χ0n) is 14.4. The number of benzene rings is 1. The summed E-state index contributed by atoms with van der Waals surface area (Å²) in [7, 11) is -1.96. The molecule has 1 saturated heterocycles. The van der Waals surface area contributed by atoms with Crippen LogP contribution in [0.1, 0.15) is 18.4 Å². The lowest BCUT2D eigenvalue weighted by atomic mass is 10.1. The molecule has 1 aromatic heterocycles. The Morgan fingerprint density at radius 1 is 1.23 bits per heavy atom. The molecule has 1 aromatic carbocycles. The van der Waals surface area contributed by atoms with Gasteiger partial charge >= 0.3 is 0 Å². The van der Waals surface area contributed by atoms with E-state index in [0.717, 1.165) is 0 Å². The summed E-state index contributed by atoms with van der Waals surface area (Å²) in [6.45, 7) is 0.869. The number of methoxy groups -OCH3 is 1. The van der Waals surface area contributed by atoms with Crippen molar-refractivity contribution >= 4 is 15.8 Å². The molecule has 8 heteroatoms. The van der Waals surface area contributed by atoms with Crippen LogP contribution in [-0.2, 0) is 10.0 Å². The number of piperidine rings is 1. The second-order valence-electron chi connectivity index (χ2n) is 6.04. The van der Waals surface area contributed by atoms with Gasteiger partial charge in [0.05, 0.1) is 23.6 Å². The van der Waals surface area contributed by atoms with Crippen LogP contribution in [0, 0.1) is 11.3 Å². The second kappa shape index (κ2) is 7.72. The van der Waals surface area contributed by atoms with Crippen LogP contribution in [0.15, 0.2) is 47.5 Å². The largest absolute Gasteiger partial charge is 0.497 e. The molecule has 7 nitrogen and oxygen atoms in total. The standard InChI is InChI=1S/C18H20N4O3S/c1-25-16-2-4-17(5-3-16)26(23,24)22-10-7-15(8-11-22)21-18-12-14(13-19)6-9-20-18/h2-6,9,12,15H,7-8,10-11H2,1H3,(H,20,21). The van der Waals surface area contributed by atoms with Crippen molar-refractivity contribution in [3.63, 3.8) is 0 Å². The van der Waals surface area contributed by atoms with Crippen LogP contribution < -0.4 is 10.1 Å². The van der Waals surface area contributed by atoms with Crippen molar-refractivity contribution in [3.05, 3.63) is 48.2 Å². The van der Waals surface area contributed by atoms with E-state index in [9.17, 15) is 8.42 Å². The molecule has 0 aliphatic carbocycles. The van der Waals surface area contributed by atoms with E-state index in [-0.39, 0.29) is 10.9 Å². The van der Waals surface area contributed by atoms with Crippen LogP contribution in [0.25, 0.3) is 0 Å². The smallest absolute Gasteiger partial charge is 0.243 e. The molecule has 0 spiro atoms. The number of hydrogen-bond donors (Lipinski definition) is 1. The van der Waals surface area contributed by atoms with Crippen molar-refractivity contribution in [3.8, 4) is 11.8 Å². The zero-order valence-corrected chi connectivity index (χ0v) is 15.2. The van der Waals surface area contributed by atoms with E-state index >= 15 is 0 Å². The Morgan fingerprint density at radius 2 is 1.92 bits per heavy atom. The lowest BCUT2D eigenvalue weighted by Gasteiger charge is -2.31. The molecule has 2 aromatic rings. The summed E-state index contributed by atoms with van der Waals surface area (Å²) in [6, 6.07) is 12.0. The number of nitriles is 1. The molecule has 2 heterocycles. The highest BCUT2D eigenvalue weighted by Crippen LogP contribution is 2.24. The molecule has 1 aliphatic rings. The molecule has 136 valence electrons. The molecule has 0 atom stereocenters. The van der Waals surface area contributed by atoms with Gasteiger partial charge in [-0.2, -0.15) is 9.57 Å². The first-order chi connectivity index (χ1) is 12.5. The number of rotatable bonds is 5. The maximum atomic E-state index is 12.8. The molecule has 1 fully saturated rings. The van der Waals surface area contributed by atoms with Crippen LogP contribution in [0.2, 0.25) is 0 Å². The number of ether oxygens (including phenoxy) is 1. The Morgan fingerprint density at radius 3 is 2.54 bits per heavy atom. The van der Waals surface area contributed by atoms with Gasteiger partial charge in [-0.3, -0.25) is 0 Å². The lowest BCUT2D eigenvalue weighted by molar-refractivity contribution is 0.329. The van der Waals surface area contributed by atoms with E-state index < -0.39 is 10.0 Å². The number of aromatic nitrogens is 1. The summed E-state index contributed by atoms with van der Waals surface area (Å²) in [5, 5.41) is 12.2. The first-order valence-corrected chi connectivity index (χ1v) is 9.74. The quantitative estimate of drug-likeness (QED) is 0.865. The van der Waals surface area contributed by atoms with Crippen LogP contribution in [-0.4, -0.2) is 43.9 Å². The Bertz CT molecular complexity index is 899. The van der Waals surface area contributed by atoms with Gasteiger partial charge in [0.15, 0.2) is 0 Å². The fraction of sp³-hybridized carbons (Fsp3) is 0.333. The maximum Gasteiger partial charge on any atom is 0.243 e. The summed E-state index contributed by atoms with van der Waals surface area (Å²) in [4.78, 5) is 4.48. The van der Waals surface area contributed by atoms with Crippen LogP contribution in [0.5, 0.6) is 5.75 Å². The van der Waals surface area contributed by atoms with Crippen molar-refractivity contribution in [1.82, 2.24) is 9.29 Å². The Balaban J connectivity index is 1.62. The summed E-state index contributed by atoms with van der Waals surface area (Å²) in [6.07, 6.45) is 2.94. The van der Waals surface area contributed by atoms with Crippen molar-refractivity contribution in [1.29, 1.82) is 5.26 Å². The third-order valence-electron chi connectivity index (χ3n) is 4.39. The molecule has 26 heavy (non-hydrogen) atoms. The van der Waals surface area contributed by atoms with Crippen molar-refractivity contribution in [2.45, 2.75) is 23.8 Å². The van der Waals surface area contributed by atoms with Gasteiger partial charge < -0.3 is 10.1 Å². The van der Waals surface area contributed by atoms with E-state index in [1.54, 1.807) is 49.7 Å². The summed E-state index contributed by atoms with van der Waals surface area (Å²) in [5.41, 5.74) is 0.544. The van der Waals surface area contributed by atoms with Gasteiger partial charge in [0.2, 0.25) is 10.0 Å². The van der Waals surface area contributed by atoms with E-state index in [2.05, 4.69) is 16.4 Å². The first kappa shape index (κ1) is 18.2. The second-order valence-corrected chi connectivity index (χ2v) is 7.98. The fourth-order valence-electron chi connectivity index (χ4n) is 2.93. The van der Waals surface area contributed by atoms with Crippen LogP contribution in [0.3, 0.4) is 0 Å². The van der Waals surface area contributed by atoms with Crippen LogP contribution >= 0.6 is 0 Å². The van der Waals surface area contributed by atoms with Gasteiger partial charge in [-0.05, 0) is 49.2 Å². The average Bonchev–Trinajstić information content (AvgIpc) is 2.68. The SMILES string of the molecule is COc1ccc(S(=O)(=O)N2CCC(Nc3cc(C#N)ccn3)CC2)cc1. The van der Waals surface area contributed by atoms with Gasteiger partial charge in [-0.1, -0.05) is 0 Å². The van der Waals surface area contributed by atoms with Crippen LogP contribution in [0.4, 0.5) is 5.82 Å². The summed E-state index contributed by atoms with van der Waals surface area (Å²) >= 11 is 0. The highest BCUT2D eigenvalue weighted by Gasteiger charge is 2.29. The number of anilines is 1. The highest BCUT2D eigenvalue weighted by atomic mass is 32.2. The molecule has 0 amide bonds. The molecule has 3 rings (SSSR count). The van der Waals surface area contributed by atoms with Gasteiger partial charge in [0.1, 0.15) is 11.6 Å². The van der Waals surface area contributed by atoms with Crippen molar-refractivity contribution < 1.29 is 13.2 Å². The van der Waals surface area contributed by atoms with Gasteiger partial charge in [0.25, 0.3) is 0 Å². The van der Waals surface area contributed by atoms with Gasteiger partial charge in [0, 0.05) is 25.3 Å². The first-order valence-electron chi connectivity index (χ1n) is 8.30. The fourth-order valence-corrected chi connectivity index (χ4v) is 4.40.